The topological polar surface area (TPSA) is 53.2 Å². The van der Waals surface area contributed by atoms with Crippen molar-refractivity contribution in [3.63, 3.8) is 0 Å². The predicted molar refractivity (Wildman–Crippen MR) is 80.9 cm³/mol. The normalized spacial score (nSPS) is 23.9. The number of piperidine rings is 1. The van der Waals surface area contributed by atoms with Crippen LogP contribution in [0.2, 0.25) is 0 Å². The summed E-state index contributed by atoms with van der Waals surface area (Å²) in [5.74, 6) is 0. The lowest BCUT2D eigenvalue weighted by atomic mass is 9.70. The van der Waals surface area contributed by atoms with Gasteiger partial charge in [0, 0.05) is 17.3 Å². The van der Waals surface area contributed by atoms with Gasteiger partial charge in [-0.15, -0.1) is 0 Å². The molecule has 1 unspecified atom stereocenters. The average Bonchev–Trinajstić information content (AvgIpc) is 2.37. The van der Waals surface area contributed by atoms with Crippen molar-refractivity contribution in [2.75, 3.05) is 11.9 Å². The van der Waals surface area contributed by atoms with E-state index in [2.05, 4.69) is 16.0 Å². The van der Waals surface area contributed by atoms with Gasteiger partial charge in [0.25, 0.3) is 0 Å². The van der Waals surface area contributed by atoms with Gasteiger partial charge < -0.3 is 16.0 Å². The minimum atomic E-state index is -0.0861. The summed E-state index contributed by atoms with van der Waals surface area (Å²) >= 11 is 0. The Morgan fingerprint density at radius 1 is 1.40 bits per heavy atom. The van der Waals surface area contributed by atoms with E-state index in [1.165, 1.54) is 19.3 Å². The number of benzene rings is 1. The van der Waals surface area contributed by atoms with Crippen LogP contribution >= 0.6 is 0 Å². The van der Waals surface area contributed by atoms with Crippen LogP contribution in [0.5, 0.6) is 0 Å². The highest BCUT2D eigenvalue weighted by atomic mass is 16.2. The summed E-state index contributed by atoms with van der Waals surface area (Å²) in [4.78, 5) is 12.1. The second-order valence-corrected chi connectivity index (χ2v) is 6.22. The second kappa shape index (κ2) is 5.44. The summed E-state index contributed by atoms with van der Waals surface area (Å²) in [6.07, 6.45) is 5.90. The third kappa shape index (κ3) is 2.96. The quantitative estimate of drug-likeness (QED) is 0.776. The molecule has 1 heterocycles. The molecular formula is C16H23N3O. The molecule has 0 bridgehead atoms. The molecule has 4 nitrogen and oxygen atoms in total. The van der Waals surface area contributed by atoms with E-state index in [9.17, 15) is 4.79 Å². The Morgan fingerprint density at radius 3 is 2.95 bits per heavy atom. The van der Waals surface area contributed by atoms with E-state index in [1.54, 1.807) is 0 Å². The summed E-state index contributed by atoms with van der Waals surface area (Å²) < 4.78 is 0. The van der Waals surface area contributed by atoms with E-state index in [4.69, 9.17) is 0 Å². The molecule has 0 aromatic heterocycles. The largest absolute Gasteiger partial charge is 0.335 e. The number of nitrogens with one attached hydrogen (secondary N) is 3. The fourth-order valence-electron chi connectivity index (χ4n) is 3.34. The Kier molecular flexibility index (Phi) is 3.66. The molecule has 4 heteroatoms. The highest BCUT2D eigenvalue weighted by Gasteiger charge is 2.41. The number of urea groups is 1. The van der Waals surface area contributed by atoms with Crippen LogP contribution in [0.1, 0.15) is 37.7 Å². The van der Waals surface area contributed by atoms with Crippen LogP contribution in [0.3, 0.4) is 0 Å². The molecule has 1 spiro atoms. The summed E-state index contributed by atoms with van der Waals surface area (Å²) in [6, 6.07) is 8.09. The summed E-state index contributed by atoms with van der Waals surface area (Å²) in [5.41, 5.74) is 2.33. The first kappa shape index (κ1) is 13.4. The highest BCUT2D eigenvalue weighted by molar-refractivity contribution is 5.89. The maximum absolute atomic E-state index is 12.1. The van der Waals surface area contributed by atoms with E-state index in [0.717, 1.165) is 30.6 Å². The van der Waals surface area contributed by atoms with Crippen LogP contribution in [-0.4, -0.2) is 24.2 Å². The zero-order chi connectivity index (χ0) is 14.0. The Hall–Kier alpha value is -1.55. The van der Waals surface area contributed by atoms with Crippen LogP contribution in [0.25, 0.3) is 0 Å². The monoisotopic (exact) mass is 273 g/mol. The SMILES string of the molecule is Cc1cccc(NC(=O)NC2CCNC3(CCC3)C2)c1. The molecule has 1 aromatic rings. The van der Waals surface area contributed by atoms with E-state index in [1.807, 2.05) is 31.2 Å². The van der Waals surface area contributed by atoms with Gasteiger partial charge in [-0.2, -0.15) is 0 Å². The molecule has 108 valence electrons. The number of rotatable bonds is 2. The minimum absolute atomic E-state index is 0.0861. The number of hydrogen-bond acceptors (Lipinski definition) is 2. The molecule has 2 amide bonds. The predicted octanol–water partition coefficient (Wildman–Crippen LogP) is 2.79. The average molecular weight is 273 g/mol. The number of aryl methyl sites for hydroxylation is 1. The van der Waals surface area contributed by atoms with Crippen molar-refractivity contribution in [2.24, 2.45) is 0 Å². The maximum Gasteiger partial charge on any atom is 0.319 e. The van der Waals surface area contributed by atoms with Crippen molar-refractivity contribution in [1.82, 2.24) is 10.6 Å². The number of amides is 2. The first-order valence-electron chi connectivity index (χ1n) is 7.54. The summed E-state index contributed by atoms with van der Waals surface area (Å²) in [7, 11) is 0. The van der Waals surface area contributed by atoms with Crippen LogP contribution in [-0.2, 0) is 0 Å². The second-order valence-electron chi connectivity index (χ2n) is 6.22. The third-order valence-corrected chi connectivity index (χ3v) is 4.55. The van der Waals surface area contributed by atoms with E-state index < -0.39 is 0 Å². The van der Waals surface area contributed by atoms with E-state index in [0.29, 0.717) is 11.6 Å². The maximum atomic E-state index is 12.1. The molecule has 1 aliphatic carbocycles. The number of carbonyl (C=O) groups is 1. The molecule has 20 heavy (non-hydrogen) atoms. The fourth-order valence-corrected chi connectivity index (χ4v) is 3.34. The van der Waals surface area contributed by atoms with Crippen molar-refractivity contribution in [2.45, 2.75) is 50.6 Å². The molecule has 1 aromatic carbocycles. The minimum Gasteiger partial charge on any atom is -0.335 e. The van der Waals surface area contributed by atoms with Gasteiger partial charge in [-0.05, 0) is 63.3 Å². The molecule has 0 radical (unpaired) electrons. The lowest BCUT2D eigenvalue weighted by Crippen LogP contribution is -2.60. The lowest BCUT2D eigenvalue weighted by molar-refractivity contribution is 0.122. The standard InChI is InChI=1S/C16H23N3O/c1-12-4-2-5-13(10-12)18-15(20)19-14-6-9-17-16(11-14)7-3-8-16/h2,4-5,10,14,17H,3,6-9,11H2,1H3,(H2,18,19,20). The molecule has 1 atom stereocenters. The van der Waals surface area contributed by atoms with Gasteiger partial charge in [0.2, 0.25) is 0 Å². The van der Waals surface area contributed by atoms with Crippen LogP contribution < -0.4 is 16.0 Å². The van der Waals surface area contributed by atoms with Crippen LogP contribution in [0.4, 0.5) is 10.5 Å². The van der Waals surface area contributed by atoms with Gasteiger partial charge >= 0.3 is 6.03 Å². The Labute approximate surface area is 120 Å². The Balaban J connectivity index is 1.53. The molecule has 3 rings (SSSR count). The molecule has 3 N–H and O–H groups in total. The highest BCUT2D eigenvalue weighted by Crippen LogP contribution is 2.38. The van der Waals surface area contributed by atoms with Crippen molar-refractivity contribution < 1.29 is 4.79 Å². The number of anilines is 1. The fraction of sp³-hybridized carbons (Fsp3) is 0.562. The van der Waals surface area contributed by atoms with Crippen molar-refractivity contribution in [3.8, 4) is 0 Å². The van der Waals surface area contributed by atoms with Crippen LogP contribution in [0.15, 0.2) is 24.3 Å². The Bertz CT molecular complexity index is 496. The smallest absolute Gasteiger partial charge is 0.319 e. The van der Waals surface area contributed by atoms with Crippen molar-refractivity contribution in [3.05, 3.63) is 29.8 Å². The molecule has 1 saturated carbocycles. The van der Waals surface area contributed by atoms with Gasteiger partial charge in [-0.1, -0.05) is 12.1 Å². The zero-order valence-corrected chi connectivity index (χ0v) is 12.0. The third-order valence-electron chi connectivity index (χ3n) is 4.55. The molecule has 1 saturated heterocycles. The van der Waals surface area contributed by atoms with Crippen molar-refractivity contribution >= 4 is 11.7 Å². The van der Waals surface area contributed by atoms with Gasteiger partial charge in [0.05, 0.1) is 0 Å². The number of carbonyl (C=O) groups excluding carboxylic acids is 1. The first-order chi connectivity index (χ1) is 9.65. The van der Waals surface area contributed by atoms with Gasteiger partial charge in [-0.25, -0.2) is 4.79 Å². The van der Waals surface area contributed by atoms with Crippen LogP contribution in [0, 0.1) is 6.92 Å². The summed E-state index contributed by atoms with van der Waals surface area (Å²) in [5, 5.41) is 9.66. The molecule has 1 aliphatic heterocycles. The lowest BCUT2D eigenvalue weighted by Gasteiger charge is -2.48. The zero-order valence-electron chi connectivity index (χ0n) is 12.0. The van der Waals surface area contributed by atoms with Crippen molar-refractivity contribution in [1.29, 1.82) is 0 Å². The summed E-state index contributed by atoms with van der Waals surface area (Å²) in [6.45, 7) is 3.03. The van der Waals surface area contributed by atoms with Gasteiger partial charge in [0.1, 0.15) is 0 Å². The van der Waals surface area contributed by atoms with E-state index in [-0.39, 0.29) is 6.03 Å². The number of hydrogen-bond donors (Lipinski definition) is 3. The van der Waals surface area contributed by atoms with E-state index >= 15 is 0 Å². The molecule has 2 aliphatic rings. The first-order valence-corrected chi connectivity index (χ1v) is 7.54. The molecular weight excluding hydrogens is 250 g/mol. The van der Waals surface area contributed by atoms with Gasteiger partial charge in [-0.3, -0.25) is 0 Å². The molecule has 2 fully saturated rings. The van der Waals surface area contributed by atoms with Gasteiger partial charge in [0.15, 0.2) is 0 Å². The Morgan fingerprint density at radius 2 is 2.25 bits per heavy atom.